The van der Waals surface area contributed by atoms with Crippen LogP contribution in [0.4, 0.5) is 33.3 Å². The maximum Gasteiger partial charge on any atom is 0.393 e. The van der Waals surface area contributed by atoms with Gasteiger partial charge in [0.1, 0.15) is 19.1 Å². The van der Waals surface area contributed by atoms with Crippen LogP contribution in [0.5, 0.6) is 5.75 Å². The Hall–Kier alpha value is -2.80. The normalized spacial score (nSPS) is 20.8. The zero-order valence-corrected chi connectivity index (χ0v) is 25.6. The lowest BCUT2D eigenvalue weighted by Crippen LogP contribution is -2.46. The fourth-order valence-electron chi connectivity index (χ4n) is 5.81. The number of alkyl halides is 5. The molecule has 3 heterocycles. The van der Waals surface area contributed by atoms with Gasteiger partial charge in [-0.3, -0.25) is 0 Å². The molecule has 12 heteroatoms. The quantitative estimate of drug-likeness (QED) is 0.153. The molecular formula is C31H35F5N3O2PS. The molecule has 43 heavy (non-hydrogen) atoms. The summed E-state index contributed by atoms with van der Waals surface area (Å²) in [7, 11) is -0.687. The second-order valence-electron chi connectivity index (χ2n) is 11.2. The number of anilines is 2. The SMILES string of the molecule is CN1CC[C@@H](Nc2cccc3c(CC(F)(F)F)c(C#CCNc4ccc(P5(=O)CCCCC5)cc4OCF)sc23)[C@H](F)C1. The van der Waals surface area contributed by atoms with Crippen LogP contribution in [-0.2, 0) is 11.0 Å². The predicted molar refractivity (Wildman–Crippen MR) is 165 cm³/mol. The minimum absolute atomic E-state index is 0.0591. The van der Waals surface area contributed by atoms with Gasteiger partial charge in [-0.25, -0.2) is 8.78 Å². The Morgan fingerprint density at radius 2 is 1.93 bits per heavy atom. The van der Waals surface area contributed by atoms with E-state index in [4.69, 9.17) is 4.74 Å². The molecule has 2 aromatic carbocycles. The van der Waals surface area contributed by atoms with Crippen LogP contribution >= 0.6 is 18.5 Å². The molecule has 2 fully saturated rings. The highest BCUT2D eigenvalue weighted by Gasteiger charge is 2.32. The average molecular weight is 640 g/mol. The van der Waals surface area contributed by atoms with Gasteiger partial charge < -0.3 is 24.8 Å². The van der Waals surface area contributed by atoms with Crippen molar-refractivity contribution in [2.45, 2.75) is 50.5 Å². The first-order valence-electron chi connectivity index (χ1n) is 14.4. The molecule has 0 bridgehead atoms. The van der Waals surface area contributed by atoms with E-state index in [9.17, 15) is 26.5 Å². The zero-order valence-electron chi connectivity index (χ0n) is 23.9. The van der Waals surface area contributed by atoms with E-state index < -0.39 is 38.8 Å². The van der Waals surface area contributed by atoms with Crippen molar-refractivity contribution in [1.29, 1.82) is 0 Å². The first kappa shape index (κ1) is 31.6. The van der Waals surface area contributed by atoms with Gasteiger partial charge in [-0.05, 0) is 61.5 Å². The Bertz CT molecular complexity index is 1540. The van der Waals surface area contributed by atoms with Crippen molar-refractivity contribution < 1.29 is 31.3 Å². The van der Waals surface area contributed by atoms with Crippen LogP contribution < -0.4 is 20.7 Å². The number of thiophene rings is 1. The molecule has 2 aliphatic heterocycles. The molecule has 0 saturated carbocycles. The first-order valence-corrected chi connectivity index (χ1v) is 17.3. The average Bonchev–Trinajstić information content (AvgIpc) is 3.30. The van der Waals surface area contributed by atoms with Crippen LogP contribution in [0.15, 0.2) is 36.4 Å². The van der Waals surface area contributed by atoms with Gasteiger partial charge in [0, 0.05) is 30.7 Å². The molecule has 232 valence electrons. The van der Waals surface area contributed by atoms with Crippen LogP contribution in [0.2, 0.25) is 0 Å². The van der Waals surface area contributed by atoms with Crippen molar-refractivity contribution in [1.82, 2.24) is 4.90 Å². The summed E-state index contributed by atoms with van der Waals surface area (Å²) < 4.78 is 87.9. The maximum absolute atomic E-state index is 14.7. The number of hydrogen-bond acceptors (Lipinski definition) is 6. The summed E-state index contributed by atoms with van der Waals surface area (Å²) in [6.07, 6.45) is -2.00. The summed E-state index contributed by atoms with van der Waals surface area (Å²) in [5, 5.41) is 7.40. The first-order chi connectivity index (χ1) is 20.6. The lowest BCUT2D eigenvalue weighted by Gasteiger charge is -2.33. The fourth-order valence-corrected chi connectivity index (χ4v) is 9.89. The molecule has 2 saturated heterocycles. The minimum Gasteiger partial charge on any atom is -0.461 e. The van der Waals surface area contributed by atoms with Crippen LogP contribution in [0.1, 0.15) is 36.1 Å². The van der Waals surface area contributed by atoms with Gasteiger partial charge in [-0.2, -0.15) is 13.2 Å². The standard InChI is InChI=1S/C31H35F5N3O2PS/c1-39-14-12-25(24(33)19-39)38-27-8-5-7-22-23(18-31(34,35)36)29(43-30(22)27)9-6-13-37-26-11-10-21(17-28(26)41-20-32)42(40)15-3-2-4-16-42/h5,7-8,10-11,17,24-25,37-38H,2-4,12-16,18-20H2,1H3/t24-,25-/m1/s1. The highest BCUT2D eigenvalue weighted by molar-refractivity contribution is 7.71. The second kappa shape index (κ2) is 13.5. The Labute approximate surface area is 252 Å². The van der Waals surface area contributed by atoms with E-state index in [0.717, 1.165) is 37.1 Å². The third-order valence-corrected chi connectivity index (χ3v) is 12.5. The number of hydrogen-bond donors (Lipinski definition) is 2. The lowest BCUT2D eigenvalue weighted by molar-refractivity contribution is -0.126. The zero-order chi connectivity index (χ0) is 30.6. The number of ether oxygens (including phenoxy) is 1. The molecule has 1 aromatic heterocycles. The molecule has 5 nitrogen and oxygen atoms in total. The molecule has 2 atom stereocenters. The molecule has 0 unspecified atom stereocenters. The largest absolute Gasteiger partial charge is 0.461 e. The number of fused-ring (bicyclic) bond motifs is 1. The predicted octanol–water partition coefficient (Wildman–Crippen LogP) is 7.40. The van der Waals surface area contributed by atoms with E-state index in [1.807, 2.05) is 11.9 Å². The van der Waals surface area contributed by atoms with Crippen molar-refractivity contribution in [3.8, 4) is 17.6 Å². The summed E-state index contributed by atoms with van der Waals surface area (Å²) in [5.41, 5.74) is 1.14. The molecule has 0 amide bonds. The topological polar surface area (TPSA) is 53.6 Å². The number of benzene rings is 2. The van der Waals surface area contributed by atoms with Gasteiger partial charge in [0.2, 0.25) is 6.86 Å². The molecule has 0 aliphatic carbocycles. The number of rotatable bonds is 8. The molecule has 2 N–H and O–H groups in total. The Morgan fingerprint density at radius 3 is 2.65 bits per heavy atom. The number of nitrogens with one attached hydrogen (secondary N) is 2. The van der Waals surface area contributed by atoms with Crippen LogP contribution in [-0.4, -0.2) is 69.2 Å². The third-order valence-electron chi connectivity index (χ3n) is 8.03. The molecule has 3 aromatic rings. The van der Waals surface area contributed by atoms with Gasteiger partial charge in [0.25, 0.3) is 0 Å². The Kier molecular flexibility index (Phi) is 9.89. The number of nitrogens with zero attached hydrogens (tertiary/aromatic N) is 1. The highest BCUT2D eigenvalue weighted by atomic mass is 32.1. The van der Waals surface area contributed by atoms with Crippen LogP contribution in [0.25, 0.3) is 10.1 Å². The van der Waals surface area contributed by atoms with Crippen molar-refractivity contribution in [2.75, 3.05) is 56.5 Å². The Morgan fingerprint density at radius 1 is 1.14 bits per heavy atom. The molecule has 0 radical (unpaired) electrons. The van der Waals surface area contributed by atoms with E-state index >= 15 is 0 Å². The van der Waals surface area contributed by atoms with Gasteiger partial charge in [-0.15, -0.1) is 11.3 Å². The van der Waals surface area contributed by atoms with E-state index in [-0.39, 0.29) is 22.7 Å². The number of halogens is 5. The highest BCUT2D eigenvalue weighted by Crippen LogP contribution is 2.50. The van der Waals surface area contributed by atoms with E-state index in [2.05, 4.69) is 22.5 Å². The van der Waals surface area contributed by atoms with Crippen LogP contribution in [0, 0.1) is 11.8 Å². The smallest absolute Gasteiger partial charge is 0.393 e. The summed E-state index contributed by atoms with van der Waals surface area (Å²) in [5.74, 6) is 6.02. The van der Waals surface area contributed by atoms with Gasteiger partial charge in [0.05, 0.1) is 40.0 Å². The van der Waals surface area contributed by atoms with Crippen LogP contribution in [0.3, 0.4) is 0 Å². The molecule has 5 rings (SSSR count). The molecule has 2 aliphatic rings. The van der Waals surface area contributed by atoms with Crippen molar-refractivity contribution in [3.05, 3.63) is 46.8 Å². The maximum atomic E-state index is 14.7. The Balaban J connectivity index is 1.38. The van der Waals surface area contributed by atoms with Gasteiger partial charge >= 0.3 is 6.18 Å². The van der Waals surface area contributed by atoms with Crippen molar-refractivity contribution >= 4 is 45.2 Å². The summed E-state index contributed by atoms with van der Waals surface area (Å²) in [6.45, 7) is 0.0142. The third kappa shape index (κ3) is 7.65. The summed E-state index contributed by atoms with van der Waals surface area (Å²) in [6, 6.07) is 9.72. The number of piperidine rings is 1. The van der Waals surface area contributed by atoms with Crippen molar-refractivity contribution in [2.24, 2.45) is 0 Å². The summed E-state index contributed by atoms with van der Waals surface area (Å²) in [4.78, 5) is 2.20. The molecular weight excluding hydrogens is 604 g/mol. The lowest BCUT2D eigenvalue weighted by atomic mass is 10.0. The van der Waals surface area contributed by atoms with E-state index in [1.54, 1.807) is 36.4 Å². The monoisotopic (exact) mass is 639 g/mol. The van der Waals surface area contributed by atoms with E-state index in [0.29, 0.717) is 52.1 Å². The summed E-state index contributed by atoms with van der Waals surface area (Å²) >= 11 is 1.15. The fraction of sp³-hybridized carbons (Fsp3) is 0.484. The van der Waals surface area contributed by atoms with Gasteiger partial charge in [0.15, 0.2) is 0 Å². The van der Waals surface area contributed by atoms with Gasteiger partial charge in [-0.1, -0.05) is 30.4 Å². The molecule has 0 spiro atoms. The van der Waals surface area contributed by atoms with E-state index in [1.165, 1.54) is 0 Å². The minimum atomic E-state index is -4.44. The second-order valence-corrected chi connectivity index (χ2v) is 15.4. The van der Waals surface area contributed by atoms with Crippen molar-refractivity contribution in [3.63, 3.8) is 0 Å². The number of likely N-dealkylation sites (tertiary alicyclic amines) is 1.